The summed E-state index contributed by atoms with van der Waals surface area (Å²) in [5, 5.41) is 14.3. The lowest BCUT2D eigenvalue weighted by Gasteiger charge is -2.14. The van der Waals surface area contributed by atoms with E-state index in [9.17, 15) is 5.11 Å². The molecule has 1 aromatic carbocycles. The van der Waals surface area contributed by atoms with Gasteiger partial charge in [0, 0.05) is 18.4 Å². The zero-order valence-corrected chi connectivity index (χ0v) is 17.9. The molecule has 6 heteroatoms. The van der Waals surface area contributed by atoms with Crippen molar-refractivity contribution in [1.29, 1.82) is 0 Å². The van der Waals surface area contributed by atoms with Crippen LogP contribution in [-0.2, 0) is 6.42 Å². The first kappa shape index (κ1) is 23.0. The minimum atomic E-state index is -0.644. The maximum absolute atomic E-state index is 10.2. The number of unbranched alkanes of at least 4 members (excludes halogenated alkanes) is 6. The Bertz CT molecular complexity index is 674. The number of anilines is 1. The molecule has 0 radical (unpaired) electrons. The summed E-state index contributed by atoms with van der Waals surface area (Å²) in [6.45, 7) is 1.37. The number of benzene rings is 1. The van der Waals surface area contributed by atoms with Crippen molar-refractivity contribution in [2.45, 2.75) is 57.5 Å². The summed E-state index contributed by atoms with van der Waals surface area (Å²) >= 11 is 12.0. The Morgan fingerprint density at radius 2 is 1.61 bits per heavy atom. The van der Waals surface area contributed by atoms with Crippen LogP contribution in [0.2, 0.25) is 10.0 Å². The number of hydrogen-bond donors (Lipinski definition) is 3. The Labute approximate surface area is 178 Å². The third-order valence-corrected chi connectivity index (χ3v) is 5.46. The van der Waals surface area contributed by atoms with E-state index in [4.69, 9.17) is 28.9 Å². The van der Waals surface area contributed by atoms with Gasteiger partial charge in [-0.1, -0.05) is 61.4 Å². The molecule has 2 rings (SSSR count). The van der Waals surface area contributed by atoms with Crippen LogP contribution in [0.4, 0.5) is 5.69 Å². The number of hydrogen-bond acceptors (Lipinski definition) is 4. The van der Waals surface area contributed by atoms with Crippen LogP contribution in [0.1, 0.15) is 62.3 Å². The highest BCUT2D eigenvalue weighted by atomic mass is 35.5. The van der Waals surface area contributed by atoms with E-state index in [0.29, 0.717) is 27.8 Å². The predicted molar refractivity (Wildman–Crippen MR) is 119 cm³/mol. The number of aliphatic hydroxyl groups is 1. The number of rotatable bonds is 13. The topological polar surface area (TPSA) is 71.2 Å². The van der Waals surface area contributed by atoms with Crippen LogP contribution in [0.3, 0.4) is 0 Å². The smallest absolute Gasteiger partial charge is 0.0915 e. The maximum atomic E-state index is 10.2. The van der Waals surface area contributed by atoms with E-state index in [2.05, 4.69) is 22.4 Å². The number of nitrogens with zero attached hydrogens (tertiary/aromatic N) is 1. The van der Waals surface area contributed by atoms with E-state index in [1.165, 1.54) is 44.2 Å². The van der Waals surface area contributed by atoms with Gasteiger partial charge in [0.1, 0.15) is 0 Å². The van der Waals surface area contributed by atoms with Gasteiger partial charge in [0.05, 0.1) is 21.8 Å². The molecule has 154 valence electrons. The summed E-state index contributed by atoms with van der Waals surface area (Å²) in [6, 6.07) is 9.45. The van der Waals surface area contributed by atoms with Gasteiger partial charge in [-0.2, -0.15) is 0 Å². The van der Waals surface area contributed by atoms with E-state index in [-0.39, 0.29) is 0 Å². The maximum Gasteiger partial charge on any atom is 0.0915 e. The zero-order valence-electron chi connectivity index (χ0n) is 16.3. The number of nitrogens with one attached hydrogen (secondary N) is 1. The van der Waals surface area contributed by atoms with Crippen molar-refractivity contribution in [3.8, 4) is 0 Å². The van der Waals surface area contributed by atoms with Gasteiger partial charge < -0.3 is 16.2 Å². The molecule has 0 fully saturated rings. The van der Waals surface area contributed by atoms with Gasteiger partial charge in [-0.3, -0.25) is 4.98 Å². The third-order valence-electron chi connectivity index (χ3n) is 4.84. The highest BCUT2D eigenvalue weighted by Crippen LogP contribution is 2.31. The molecular formula is C22H31Cl2N3O. The van der Waals surface area contributed by atoms with Crippen LogP contribution in [0.25, 0.3) is 0 Å². The van der Waals surface area contributed by atoms with E-state index in [1.807, 2.05) is 12.3 Å². The van der Waals surface area contributed by atoms with Gasteiger partial charge in [0.15, 0.2) is 0 Å². The lowest BCUT2D eigenvalue weighted by molar-refractivity contribution is 0.174. The number of nitrogens with two attached hydrogens (primary N) is 1. The summed E-state index contributed by atoms with van der Waals surface area (Å²) in [4.78, 5) is 4.36. The average Bonchev–Trinajstić information content (AvgIpc) is 2.70. The quantitative estimate of drug-likeness (QED) is 0.291. The van der Waals surface area contributed by atoms with Gasteiger partial charge in [0.2, 0.25) is 0 Å². The molecule has 4 N–H and O–H groups in total. The Kier molecular flexibility index (Phi) is 10.7. The Hall–Kier alpha value is -1.33. The van der Waals surface area contributed by atoms with Crippen molar-refractivity contribution in [2.75, 3.05) is 18.8 Å². The lowest BCUT2D eigenvalue weighted by Crippen LogP contribution is -2.22. The molecular weight excluding hydrogens is 393 g/mol. The first-order valence-electron chi connectivity index (χ1n) is 10.1. The number of pyridine rings is 1. The van der Waals surface area contributed by atoms with E-state index < -0.39 is 6.10 Å². The molecule has 4 nitrogen and oxygen atoms in total. The van der Waals surface area contributed by atoms with Crippen LogP contribution in [0.5, 0.6) is 0 Å². The molecule has 0 bridgehead atoms. The molecule has 0 spiro atoms. The van der Waals surface area contributed by atoms with Crippen LogP contribution < -0.4 is 11.1 Å². The highest BCUT2D eigenvalue weighted by Gasteiger charge is 2.11. The highest BCUT2D eigenvalue weighted by molar-refractivity contribution is 6.38. The molecule has 28 heavy (non-hydrogen) atoms. The van der Waals surface area contributed by atoms with E-state index >= 15 is 0 Å². The van der Waals surface area contributed by atoms with Crippen molar-refractivity contribution in [3.63, 3.8) is 0 Å². The summed E-state index contributed by atoms with van der Waals surface area (Å²) in [5.74, 6) is 0. The fraction of sp³-hybridized carbons (Fsp3) is 0.500. The fourth-order valence-electron chi connectivity index (χ4n) is 3.14. The van der Waals surface area contributed by atoms with Crippen LogP contribution >= 0.6 is 23.2 Å². The van der Waals surface area contributed by atoms with Crippen molar-refractivity contribution in [3.05, 3.63) is 57.8 Å². The first-order valence-corrected chi connectivity index (χ1v) is 10.9. The van der Waals surface area contributed by atoms with Crippen molar-refractivity contribution in [1.82, 2.24) is 10.3 Å². The minimum Gasteiger partial charge on any atom is -0.396 e. The second-order valence-electron chi connectivity index (χ2n) is 7.16. The summed E-state index contributed by atoms with van der Waals surface area (Å²) in [5.41, 5.74) is 7.95. The number of aromatic nitrogens is 1. The Morgan fingerprint density at radius 1 is 0.964 bits per heavy atom. The molecule has 1 heterocycles. The van der Waals surface area contributed by atoms with Crippen molar-refractivity contribution >= 4 is 28.9 Å². The van der Waals surface area contributed by atoms with Gasteiger partial charge in [-0.15, -0.1) is 0 Å². The molecule has 0 aliphatic heterocycles. The standard InChI is InChI=1S/C22H31Cl2N3O/c23-19-14-17(15-20(24)22(19)25)21(28)16-26-12-8-5-3-1-2-4-6-10-18-11-7-9-13-27-18/h7,9,11,13-15,21,26,28H,1-6,8,10,12,16,25H2. The molecule has 1 atom stereocenters. The number of aliphatic hydroxyl groups excluding tert-OH is 1. The van der Waals surface area contributed by atoms with Gasteiger partial charge in [0.25, 0.3) is 0 Å². The van der Waals surface area contributed by atoms with Crippen molar-refractivity contribution in [2.24, 2.45) is 0 Å². The molecule has 0 aliphatic rings. The summed E-state index contributed by atoms with van der Waals surface area (Å²) < 4.78 is 0. The van der Waals surface area contributed by atoms with Crippen LogP contribution in [0.15, 0.2) is 36.5 Å². The van der Waals surface area contributed by atoms with Crippen molar-refractivity contribution < 1.29 is 5.11 Å². The largest absolute Gasteiger partial charge is 0.396 e. The number of nitrogen functional groups attached to an aromatic ring is 1. The second-order valence-corrected chi connectivity index (χ2v) is 7.98. The zero-order chi connectivity index (χ0) is 20.2. The van der Waals surface area contributed by atoms with Crippen LogP contribution in [-0.4, -0.2) is 23.2 Å². The van der Waals surface area contributed by atoms with Gasteiger partial charge in [-0.25, -0.2) is 0 Å². The van der Waals surface area contributed by atoms with Gasteiger partial charge >= 0.3 is 0 Å². The van der Waals surface area contributed by atoms with E-state index in [1.54, 1.807) is 12.1 Å². The Morgan fingerprint density at radius 3 is 2.25 bits per heavy atom. The number of aryl methyl sites for hydroxylation is 1. The summed E-state index contributed by atoms with van der Waals surface area (Å²) in [6.07, 6.45) is 11.0. The van der Waals surface area contributed by atoms with E-state index in [0.717, 1.165) is 19.4 Å². The molecule has 0 saturated carbocycles. The van der Waals surface area contributed by atoms with Gasteiger partial charge in [-0.05, 0) is 55.6 Å². The average molecular weight is 424 g/mol. The molecule has 2 aromatic rings. The first-order chi connectivity index (χ1) is 13.6. The minimum absolute atomic E-state index is 0.351. The molecule has 0 aliphatic carbocycles. The van der Waals surface area contributed by atoms with Crippen LogP contribution in [0, 0.1) is 0 Å². The monoisotopic (exact) mass is 423 g/mol. The second kappa shape index (κ2) is 13.0. The Balaban J connectivity index is 1.45. The fourth-order valence-corrected chi connectivity index (χ4v) is 3.64. The molecule has 1 unspecified atom stereocenters. The predicted octanol–water partition coefficient (Wildman–Crippen LogP) is 5.57. The SMILES string of the molecule is Nc1c(Cl)cc(C(O)CNCCCCCCCCCc2ccccn2)cc1Cl. The molecule has 0 saturated heterocycles. The third kappa shape index (κ3) is 8.36. The normalized spacial score (nSPS) is 12.2. The lowest BCUT2D eigenvalue weighted by atomic mass is 10.1. The summed E-state index contributed by atoms with van der Waals surface area (Å²) in [7, 11) is 0. The molecule has 1 aromatic heterocycles. The number of halogens is 2. The molecule has 0 amide bonds.